The molecule has 0 rings (SSSR count). The number of carbonyl (C=O) groups is 3. The Kier molecular flexibility index (Phi) is 48.0. The Morgan fingerprint density at radius 3 is 1.21 bits per heavy atom. The second kappa shape index (κ2) is 51.0. The largest absolute Gasteiger partial charge is 0.462 e. The molecule has 0 spiro atoms. The predicted octanol–water partition coefficient (Wildman–Crippen LogP) is 17.0. The number of hydrogen-bond acceptors (Lipinski definition) is 6. The standard InChI is InChI=1S/C57H94O6/c1-4-7-10-13-16-19-22-25-27-28-30-32-35-38-41-44-47-50-56(59)62-53-54(52-61-55(58)49-46-43-40-37-34-31-24-21-18-15-12-9-6-3)63-57(60)51-48-45-42-39-36-33-29-26-23-20-17-14-11-8-5-2/h9,12,15-16,18-21,23-25,27,30,32,38,41,54H,4-8,10-11,13-14,17,22,26,28-29,31,33-37,39-40,42-53H2,1-3H3/b12-9-,18-15-,19-16-,23-20-,24-21-,27-25-,32-30-,41-38-. The molecule has 0 aliphatic rings. The molecule has 0 aliphatic heterocycles. The zero-order valence-corrected chi connectivity index (χ0v) is 40.8. The molecule has 1 unspecified atom stereocenters. The molecule has 1 atom stereocenters. The lowest BCUT2D eigenvalue weighted by Gasteiger charge is -2.18. The van der Waals surface area contributed by atoms with Gasteiger partial charge in [0.05, 0.1) is 0 Å². The Hall–Kier alpha value is -3.67. The van der Waals surface area contributed by atoms with Crippen LogP contribution < -0.4 is 0 Å². The molecule has 0 aromatic heterocycles. The maximum atomic E-state index is 12.8. The fourth-order valence-corrected chi connectivity index (χ4v) is 6.72. The Balaban J connectivity index is 4.51. The van der Waals surface area contributed by atoms with E-state index in [0.717, 1.165) is 89.9 Å². The summed E-state index contributed by atoms with van der Waals surface area (Å²) in [6.07, 6.45) is 66.8. The van der Waals surface area contributed by atoms with Crippen molar-refractivity contribution in [1.82, 2.24) is 0 Å². The van der Waals surface area contributed by atoms with E-state index < -0.39 is 6.10 Å². The number of hydrogen-bond donors (Lipinski definition) is 0. The molecular weight excluding hydrogens is 781 g/mol. The Morgan fingerprint density at radius 1 is 0.349 bits per heavy atom. The van der Waals surface area contributed by atoms with Gasteiger partial charge in [0.25, 0.3) is 0 Å². The SMILES string of the molecule is CC\C=C/C=C\C=C/CCCCCCCC(=O)OCC(COC(=O)CCC/C=C\C/C=C\C/C=C\C/C=C\CCCCC)OC(=O)CCCCCCCCC/C=C\CCCCCC. The number of unbranched alkanes of at least 4 members (excludes halogenated alkanes) is 20. The first kappa shape index (κ1) is 59.3. The summed E-state index contributed by atoms with van der Waals surface area (Å²) in [5.41, 5.74) is 0. The predicted molar refractivity (Wildman–Crippen MR) is 270 cm³/mol. The van der Waals surface area contributed by atoms with Gasteiger partial charge in [-0.2, -0.15) is 0 Å². The molecule has 0 aromatic rings. The summed E-state index contributed by atoms with van der Waals surface area (Å²) in [6.45, 7) is 6.38. The average molecular weight is 875 g/mol. The van der Waals surface area contributed by atoms with Crippen LogP contribution in [0.15, 0.2) is 97.2 Å². The molecular formula is C57H94O6. The van der Waals surface area contributed by atoms with Crippen LogP contribution in [-0.2, 0) is 28.6 Å². The van der Waals surface area contributed by atoms with Crippen LogP contribution in [0.4, 0.5) is 0 Å². The van der Waals surface area contributed by atoms with Gasteiger partial charge in [0.1, 0.15) is 13.2 Å². The Labute approximate surface area is 387 Å². The minimum absolute atomic E-state index is 0.108. The molecule has 6 heteroatoms. The lowest BCUT2D eigenvalue weighted by Crippen LogP contribution is -2.30. The molecule has 0 saturated carbocycles. The van der Waals surface area contributed by atoms with Gasteiger partial charge in [0.15, 0.2) is 6.10 Å². The van der Waals surface area contributed by atoms with Crippen molar-refractivity contribution in [2.75, 3.05) is 13.2 Å². The molecule has 0 aliphatic carbocycles. The first-order valence-corrected chi connectivity index (χ1v) is 25.8. The van der Waals surface area contributed by atoms with Gasteiger partial charge in [-0.25, -0.2) is 0 Å². The van der Waals surface area contributed by atoms with Crippen molar-refractivity contribution in [3.05, 3.63) is 97.2 Å². The van der Waals surface area contributed by atoms with E-state index in [1.54, 1.807) is 0 Å². The third-order valence-electron chi connectivity index (χ3n) is 10.6. The van der Waals surface area contributed by atoms with E-state index in [1.165, 1.54) is 89.9 Å². The maximum absolute atomic E-state index is 12.8. The minimum atomic E-state index is -0.810. The molecule has 358 valence electrons. The molecule has 0 aromatic carbocycles. The molecule has 63 heavy (non-hydrogen) atoms. The second-order valence-electron chi connectivity index (χ2n) is 16.7. The van der Waals surface area contributed by atoms with Gasteiger partial charge in [-0.1, -0.05) is 201 Å². The van der Waals surface area contributed by atoms with Crippen LogP contribution in [0.1, 0.15) is 226 Å². The minimum Gasteiger partial charge on any atom is -0.462 e. The van der Waals surface area contributed by atoms with Gasteiger partial charge in [0.2, 0.25) is 0 Å². The summed E-state index contributed by atoms with van der Waals surface area (Å²) in [5, 5.41) is 0. The van der Waals surface area contributed by atoms with Gasteiger partial charge in [-0.3, -0.25) is 14.4 Å². The zero-order valence-electron chi connectivity index (χ0n) is 40.8. The van der Waals surface area contributed by atoms with Crippen molar-refractivity contribution in [3.63, 3.8) is 0 Å². The smallest absolute Gasteiger partial charge is 0.306 e. The summed E-state index contributed by atoms with van der Waals surface area (Å²) < 4.78 is 16.7. The van der Waals surface area contributed by atoms with Crippen molar-refractivity contribution < 1.29 is 28.6 Å². The summed E-state index contributed by atoms with van der Waals surface area (Å²) >= 11 is 0. The third kappa shape index (κ3) is 49.2. The van der Waals surface area contributed by atoms with Gasteiger partial charge >= 0.3 is 17.9 Å². The van der Waals surface area contributed by atoms with Crippen LogP contribution in [0.2, 0.25) is 0 Å². The highest BCUT2D eigenvalue weighted by Gasteiger charge is 2.19. The van der Waals surface area contributed by atoms with E-state index in [9.17, 15) is 14.4 Å². The van der Waals surface area contributed by atoms with Crippen LogP contribution in [0.3, 0.4) is 0 Å². The summed E-state index contributed by atoms with van der Waals surface area (Å²) in [6, 6.07) is 0. The molecule has 6 nitrogen and oxygen atoms in total. The van der Waals surface area contributed by atoms with Gasteiger partial charge in [-0.05, 0) is 103 Å². The zero-order chi connectivity index (χ0) is 45.8. The number of ether oxygens (including phenoxy) is 3. The van der Waals surface area contributed by atoms with Crippen LogP contribution in [-0.4, -0.2) is 37.2 Å². The van der Waals surface area contributed by atoms with Crippen molar-refractivity contribution in [3.8, 4) is 0 Å². The summed E-state index contributed by atoms with van der Waals surface area (Å²) in [4.78, 5) is 38.0. The third-order valence-corrected chi connectivity index (χ3v) is 10.6. The second-order valence-corrected chi connectivity index (χ2v) is 16.7. The Morgan fingerprint density at radius 2 is 0.698 bits per heavy atom. The highest BCUT2D eigenvalue weighted by atomic mass is 16.6. The first-order valence-electron chi connectivity index (χ1n) is 25.8. The highest BCUT2D eigenvalue weighted by molar-refractivity contribution is 5.71. The van der Waals surface area contributed by atoms with E-state index >= 15 is 0 Å². The number of esters is 3. The molecule has 0 bridgehead atoms. The summed E-state index contributed by atoms with van der Waals surface area (Å²) in [5.74, 6) is -0.993. The maximum Gasteiger partial charge on any atom is 0.306 e. The molecule has 0 amide bonds. The molecule has 0 N–H and O–H groups in total. The Bertz CT molecular complexity index is 1280. The van der Waals surface area contributed by atoms with E-state index in [1.807, 2.05) is 0 Å². The molecule has 0 heterocycles. The number of allylic oxidation sites excluding steroid dienone is 16. The lowest BCUT2D eigenvalue weighted by molar-refractivity contribution is -0.167. The average Bonchev–Trinajstić information content (AvgIpc) is 3.28. The molecule has 0 fully saturated rings. The van der Waals surface area contributed by atoms with E-state index in [0.29, 0.717) is 19.3 Å². The van der Waals surface area contributed by atoms with Gasteiger partial charge in [-0.15, -0.1) is 0 Å². The van der Waals surface area contributed by atoms with Crippen molar-refractivity contribution in [2.45, 2.75) is 232 Å². The normalized spacial score (nSPS) is 12.9. The van der Waals surface area contributed by atoms with Crippen molar-refractivity contribution in [2.24, 2.45) is 0 Å². The fraction of sp³-hybridized carbons (Fsp3) is 0.667. The van der Waals surface area contributed by atoms with E-state index in [2.05, 4.69) is 118 Å². The van der Waals surface area contributed by atoms with Crippen molar-refractivity contribution >= 4 is 17.9 Å². The van der Waals surface area contributed by atoms with Crippen LogP contribution in [0.25, 0.3) is 0 Å². The number of rotatable bonds is 45. The van der Waals surface area contributed by atoms with Gasteiger partial charge in [0, 0.05) is 19.3 Å². The number of carbonyl (C=O) groups excluding carboxylic acids is 3. The molecule has 0 radical (unpaired) electrons. The monoisotopic (exact) mass is 875 g/mol. The topological polar surface area (TPSA) is 78.9 Å². The fourth-order valence-electron chi connectivity index (χ4n) is 6.72. The molecule has 0 saturated heterocycles. The lowest BCUT2D eigenvalue weighted by atomic mass is 10.1. The van der Waals surface area contributed by atoms with Crippen LogP contribution in [0.5, 0.6) is 0 Å². The highest BCUT2D eigenvalue weighted by Crippen LogP contribution is 2.13. The van der Waals surface area contributed by atoms with E-state index in [-0.39, 0.29) is 37.5 Å². The first-order chi connectivity index (χ1) is 31.0. The van der Waals surface area contributed by atoms with Crippen molar-refractivity contribution in [1.29, 1.82) is 0 Å². The van der Waals surface area contributed by atoms with Crippen LogP contribution in [0, 0.1) is 0 Å². The van der Waals surface area contributed by atoms with Gasteiger partial charge < -0.3 is 14.2 Å². The quantitative estimate of drug-likeness (QED) is 0.0199. The van der Waals surface area contributed by atoms with Crippen LogP contribution >= 0.6 is 0 Å². The van der Waals surface area contributed by atoms with E-state index in [4.69, 9.17) is 14.2 Å². The summed E-state index contributed by atoms with van der Waals surface area (Å²) in [7, 11) is 0.